The molecule has 5 aromatic carbocycles. The smallest absolute Gasteiger partial charge is 0.238 e. The average Bonchev–Trinajstić information content (AvgIpc) is 3.24. The molecule has 0 radical (unpaired) electrons. The predicted molar refractivity (Wildman–Crippen MR) is 160 cm³/mol. The minimum absolute atomic E-state index is 0.570. The van der Waals surface area contributed by atoms with Crippen molar-refractivity contribution in [2.75, 3.05) is 0 Å². The van der Waals surface area contributed by atoms with Crippen molar-refractivity contribution in [1.29, 1.82) is 0 Å². The van der Waals surface area contributed by atoms with Crippen molar-refractivity contribution in [2.24, 2.45) is 0 Å². The van der Waals surface area contributed by atoms with E-state index in [0.29, 0.717) is 17.6 Å². The summed E-state index contributed by atoms with van der Waals surface area (Å²) in [5.41, 5.74) is 5.98. The Morgan fingerprint density at radius 1 is 0.500 bits per heavy atom. The summed E-state index contributed by atoms with van der Waals surface area (Å²) in [7, 11) is 0. The van der Waals surface area contributed by atoms with Crippen LogP contribution in [-0.4, -0.2) is 19.5 Å². The number of ether oxygens (including phenoxy) is 1. The number of para-hydroxylation sites is 2. The summed E-state index contributed by atoms with van der Waals surface area (Å²) < 4.78 is 8.55. The third-order valence-electron chi connectivity index (χ3n) is 7.29. The summed E-state index contributed by atoms with van der Waals surface area (Å²) in [5, 5.41) is 2.21. The molecule has 5 nitrogen and oxygen atoms in total. The molecular weight excluding hydrogens is 492 g/mol. The number of hydrogen-bond acceptors (Lipinski definition) is 4. The largest absolute Gasteiger partial charge is 0.456 e. The summed E-state index contributed by atoms with van der Waals surface area (Å²) in [6, 6.07) is 40.7. The molecule has 0 atom stereocenters. The normalized spacial score (nSPS) is 12.1. The lowest BCUT2D eigenvalue weighted by molar-refractivity contribution is 0.482. The first kappa shape index (κ1) is 22.4. The van der Waals surface area contributed by atoms with Crippen LogP contribution in [0.5, 0.6) is 11.5 Å². The zero-order chi connectivity index (χ0) is 26.5. The molecule has 188 valence electrons. The van der Waals surface area contributed by atoms with Gasteiger partial charge in [0.05, 0.1) is 11.0 Å². The molecule has 8 rings (SSSR count). The Hall–Kier alpha value is -5.55. The van der Waals surface area contributed by atoms with Crippen LogP contribution >= 0.6 is 0 Å². The maximum atomic E-state index is 6.42. The Balaban J connectivity index is 1.43. The van der Waals surface area contributed by atoms with Crippen LogP contribution in [0.4, 0.5) is 0 Å². The first-order chi connectivity index (χ1) is 19.8. The van der Waals surface area contributed by atoms with Gasteiger partial charge in [-0.05, 0) is 30.3 Å². The molecule has 7 aromatic rings. The molecule has 40 heavy (non-hydrogen) atoms. The van der Waals surface area contributed by atoms with Gasteiger partial charge in [0.15, 0.2) is 11.6 Å². The number of aromatic nitrogens is 4. The van der Waals surface area contributed by atoms with Gasteiger partial charge in [0.1, 0.15) is 11.5 Å². The SMILES string of the molecule is C1=Cc2c(ccc3c2c2ccccc2n3-c2nc(-c3ccccc3)nc(-c3ccccc3)n2)Oc2ccccc21. The molecule has 1 aliphatic rings. The van der Waals surface area contributed by atoms with Gasteiger partial charge in [0.25, 0.3) is 0 Å². The second kappa shape index (κ2) is 9.03. The number of hydrogen-bond donors (Lipinski definition) is 0. The van der Waals surface area contributed by atoms with Crippen LogP contribution in [0.3, 0.4) is 0 Å². The molecule has 0 unspecified atom stereocenters. The molecule has 0 saturated heterocycles. The zero-order valence-electron chi connectivity index (χ0n) is 21.4. The molecule has 0 saturated carbocycles. The standard InChI is InChI=1S/C35H22N4O/c1-3-12-24(13-4-1)33-36-34(25-14-5-2-6-15-25)38-35(37-33)39-28-17-9-8-16-26(28)32-27-20-19-23-11-7-10-18-30(23)40-31(27)22-21-29(32)39/h1-22H. The molecular formula is C35H22N4O. The van der Waals surface area contributed by atoms with E-state index in [0.717, 1.165) is 55.6 Å². The molecule has 1 aliphatic heterocycles. The van der Waals surface area contributed by atoms with E-state index in [1.165, 1.54) is 0 Å². The highest BCUT2D eigenvalue weighted by Crippen LogP contribution is 2.42. The van der Waals surface area contributed by atoms with E-state index in [-0.39, 0.29) is 0 Å². The average molecular weight is 515 g/mol. The molecule has 0 aliphatic carbocycles. The first-order valence-electron chi connectivity index (χ1n) is 13.2. The van der Waals surface area contributed by atoms with Crippen LogP contribution in [0.25, 0.3) is 62.7 Å². The van der Waals surface area contributed by atoms with Crippen molar-refractivity contribution in [1.82, 2.24) is 19.5 Å². The van der Waals surface area contributed by atoms with Crippen molar-refractivity contribution >= 4 is 34.0 Å². The van der Waals surface area contributed by atoms with Gasteiger partial charge in [0.2, 0.25) is 5.95 Å². The van der Waals surface area contributed by atoms with Crippen molar-refractivity contribution in [3.63, 3.8) is 0 Å². The Morgan fingerprint density at radius 2 is 1.15 bits per heavy atom. The molecule has 0 bridgehead atoms. The van der Waals surface area contributed by atoms with Crippen LogP contribution in [-0.2, 0) is 0 Å². The van der Waals surface area contributed by atoms with Crippen molar-refractivity contribution in [3.8, 4) is 40.2 Å². The van der Waals surface area contributed by atoms with E-state index in [4.69, 9.17) is 19.7 Å². The van der Waals surface area contributed by atoms with Crippen LogP contribution in [0.15, 0.2) is 121 Å². The van der Waals surface area contributed by atoms with E-state index >= 15 is 0 Å². The lowest BCUT2D eigenvalue weighted by Crippen LogP contribution is -2.06. The monoisotopic (exact) mass is 514 g/mol. The lowest BCUT2D eigenvalue weighted by Gasteiger charge is -2.12. The van der Waals surface area contributed by atoms with E-state index in [1.54, 1.807) is 0 Å². The van der Waals surface area contributed by atoms with Gasteiger partial charge < -0.3 is 4.74 Å². The third-order valence-corrected chi connectivity index (χ3v) is 7.29. The first-order valence-corrected chi connectivity index (χ1v) is 13.2. The number of nitrogens with zero attached hydrogens (tertiary/aromatic N) is 4. The Kier molecular flexibility index (Phi) is 5.07. The van der Waals surface area contributed by atoms with E-state index in [9.17, 15) is 0 Å². The van der Waals surface area contributed by atoms with Gasteiger partial charge in [-0.3, -0.25) is 4.57 Å². The summed E-state index contributed by atoms with van der Waals surface area (Å²) in [6.07, 6.45) is 4.27. The molecule has 0 fully saturated rings. The molecule has 5 heteroatoms. The van der Waals surface area contributed by atoms with Gasteiger partial charge in [-0.25, -0.2) is 4.98 Å². The fraction of sp³-hybridized carbons (Fsp3) is 0. The maximum absolute atomic E-state index is 6.42. The van der Waals surface area contributed by atoms with Crippen LogP contribution < -0.4 is 4.74 Å². The van der Waals surface area contributed by atoms with Crippen LogP contribution in [0.1, 0.15) is 11.1 Å². The van der Waals surface area contributed by atoms with Crippen molar-refractivity contribution in [3.05, 3.63) is 132 Å². The van der Waals surface area contributed by atoms with E-state index in [2.05, 4.69) is 53.1 Å². The second-order valence-corrected chi connectivity index (χ2v) is 9.71. The molecule has 3 heterocycles. The van der Waals surface area contributed by atoms with Crippen LogP contribution in [0.2, 0.25) is 0 Å². The fourth-order valence-corrected chi connectivity index (χ4v) is 5.44. The van der Waals surface area contributed by atoms with Gasteiger partial charge in [0, 0.05) is 33.0 Å². The topological polar surface area (TPSA) is 52.8 Å². The summed E-state index contributed by atoms with van der Waals surface area (Å²) in [5.74, 6) is 3.49. The quantitative estimate of drug-likeness (QED) is 0.237. The van der Waals surface area contributed by atoms with Gasteiger partial charge in [-0.15, -0.1) is 0 Å². The molecule has 0 amide bonds. The lowest BCUT2D eigenvalue weighted by atomic mass is 10.0. The van der Waals surface area contributed by atoms with Crippen molar-refractivity contribution < 1.29 is 4.74 Å². The van der Waals surface area contributed by atoms with Crippen molar-refractivity contribution in [2.45, 2.75) is 0 Å². The fourth-order valence-electron chi connectivity index (χ4n) is 5.44. The molecule has 2 aromatic heterocycles. The zero-order valence-corrected chi connectivity index (χ0v) is 21.4. The van der Waals surface area contributed by atoms with Gasteiger partial charge in [-0.1, -0.05) is 103 Å². The minimum Gasteiger partial charge on any atom is -0.456 e. The minimum atomic E-state index is 0.570. The van der Waals surface area contributed by atoms with E-state index < -0.39 is 0 Å². The maximum Gasteiger partial charge on any atom is 0.238 e. The third kappa shape index (κ3) is 3.60. The predicted octanol–water partition coefficient (Wildman–Crippen LogP) is 8.58. The highest BCUT2D eigenvalue weighted by Gasteiger charge is 2.22. The molecule has 0 N–H and O–H groups in total. The Labute approximate surface area is 230 Å². The molecule has 0 spiro atoms. The second-order valence-electron chi connectivity index (χ2n) is 9.71. The summed E-state index contributed by atoms with van der Waals surface area (Å²) in [6.45, 7) is 0. The Morgan fingerprint density at radius 3 is 1.90 bits per heavy atom. The number of benzene rings is 5. The number of fused-ring (bicyclic) bond motifs is 6. The van der Waals surface area contributed by atoms with Gasteiger partial charge in [-0.2, -0.15) is 9.97 Å². The van der Waals surface area contributed by atoms with Gasteiger partial charge >= 0.3 is 0 Å². The number of rotatable bonds is 3. The van der Waals surface area contributed by atoms with Crippen LogP contribution in [0, 0.1) is 0 Å². The highest BCUT2D eigenvalue weighted by molar-refractivity contribution is 6.14. The summed E-state index contributed by atoms with van der Waals surface area (Å²) >= 11 is 0. The Bertz CT molecular complexity index is 2020. The van der Waals surface area contributed by atoms with E-state index in [1.807, 2.05) is 84.9 Å². The highest BCUT2D eigenvalue weighted by atomic mass is 16.5. The summed E-state index contributed by atoms with van der Waals surface area (Å²) in [4.78, 5) is 14.9.